The summed E-state index contributed by atoms with van der Waals surface area (Å²) in [4.78, 5) is 23.4. The third-order valence-corrected chi connectivity index (χ3v) is 4.88. The Morgan fingerprint density at radius 2 is 1.84 bits per heavy atom. The van der Waals surface area contributed by atoms with Gasteiger partial charge in [-0.1, -0.05) is 6.07 Å². The Bertz CT molecular complexity index is 1250. The highest BCUT2D eigenvalue weighted by atomic mass is 19.1. The van der Waals surface area contributed by atoms with E-state index in [2.05, 4.69) is 5.32 Å². The first kappa shape index (κ1) is 21.5. The van der Waals surface area contributed by atoms with Gasteiger partial charge in [-0.15, -0.1) is 0 Å². The smallest absolute Gasteiger partial charge is 0.274 e. The van der Waals surface area contributed by atoms with Crippen LogP contribution in [0.25, 0.3) is 11.8 Å². The highest BCUT2D eigenvalue weighted by Crippen LogP contribution is 2.27. The van der Waals surface area contributed by atoms with Crippen molar-refractivity contribution in [1.82, 2.24) is 4.57 Å². The van der Waals surface area contributed by atoms with E-state index in [4.69, 9.17) is 0 Å². The van der Waals surface area contributed by atoms with Crippen LogP contribution in [0, 0.1) is 48.0 Å². The summed E-state index contributed by atoms with van der Waals surface area (Å²) in [6, 6.07) is 13.9. The van der Waals surface area contributed by atoms with E-state index >= 15 is 0 Å². The van der Waals surface area contributed by atoms with Gasteiger partial charge in [0.2, 0.25) is 0 Å². The minimum Gasteiger partial charge on any atom is -0.321 e. The summed E-state index contributed by atoms with van der Waals surface area (Å²) < 4.78 is 14.9. The predicted molar refractivity (Wildman–Crippen MR) is 115 cm³/mol. The number of carbonyl (C=O) groups is 1. The number of hydrogen-bond acceptors (Lipinski definition) is 4. The lowest BCUT2D eigenvalue weighted by molar-refractivity contribution is -0.385. The van der Waals surface area contributed by atoms with Crippen molar-refractivity contribution >= 4 is 23.4 Å². The van der Waals surface area contributed by atoms with E-state index in [9.17, 15) is 24.6 Å². The number of hydrogen-bond donors (Lipinski definition) is 1. The molecule has 31 heavy (non-hydrogen) atoms. The molecule has 0 aliphatic heterocycles. The van der Waals surface area contributed by atoms with Gasteiger partial charge in [-0.25, -0.2) is 4.39 Å². The van der Waals surface area contributed by atoms with Gasteiger partial charge >= 0.3 is 0 Å². The van der Waals surface area contributed by atoms with Crippen molar-refractivity contribution in [3.8, 4) is 11.8 Å². The normalized spacial score (nSPS) is 11.1. The highest BCUT2D eigenvalue weighted by Gasteiger charge is 2.17. The fraction of sp³-hybridized carbons (Fsp3) is 0.130. The summed E-state index contributed by atoms with van der Waals surface area (Å²) >= 11 is 0. The fourth-order valence-electron chi connectivity index (χ4n) is 3.30. The number of nitriles is 1. The number of carbonyl (C=O) groups excluding carboxylic acids is 1. The van der Waals surface area contributed by atoms with Crippen LogP contribution in [-0.2, 0) is 4.79 Å². The van der Waals surface area contributed by atoms with E-state index in [0.717, 1.165) is 11.4 Å². The van der Waals surface area contributed by atoms with Gasteiger partial charge in [-0.3, -0.25) is 14.9 Å². The summed E-state index contributed by atoms with van der Waals surface area (Å²) in [5.74, 6) is -1.05. The highest BCUT2D eigenvalue weighted by molar-refractivity contribution is 6.09. The molecule has 156 valence electrons. The number of anilines is 1. The quantitative estimate of drug-likeness (QED) is 0.273. The van der Waals surface area contributed by atoms with Gasteiger partial charge in [0.15, 0.2) is 0 Å². The molecule has 2 aromatic carbocycles. The van der Waals surface area contributed by atoms with Crippen molar-refractivity contribution in [1.29, 1.82) is 5.26 Å². The molecule has 0 aliphatic rings. The summed E-state index contributed by atoms with van der Waals surface area (Å²) in [7, 11) is 0. The number of nitro groups is 1. The molecule has 7 nitrogen and oxygen atoms in total. The zero-order valence-electron chi connectivity index (χ0n) is 17.1. The van der Waals surface area contributed by atoms with Gasteiger partial charge in [0.05, 0.1) is 10.6 Å². The number of aryl methyl sites for hydroxylation is 2. The van der Waals surface area contributed by atoms with E-state index in [-0.39, 0.29) is 11.3 Å². The van der Waals surface area contributed by atoms with Gasteiger partial charge < -0.3 is 9.88 Å². The lowest BCUT2D eigenvalue weighted by Crippen LogP contribution is -2.13. The molecule has 0 saturated carbocycles. The average molecular weight is 418 g/mol. The van der Waals surface area contributed by atoms with Crippen LogP contribution in [0.4, 0.5) is 15.8 Å². The Morgan fingerprint density at radius 3 is 2.45 bits per heavy atom. The molecule has 0 atom stereocenters. The van der Waals surface area contributed by atoms with Crippen LogP contribution in [0.5, 0.6) is 0 Å². The molecule has 3 aromatic rings. The number of benzene rings is 2. The Balaban J connectivity index is 1.97. The molecule has 3 rings (SSSR count). The van der Waals surface area contributed by atoms with Gasteiger partial charge in [-0.05, 0) is 68.8 Å². The molecular formula is C23H19FN4O3. The zero-order chi connectivity index (χ0) is 22.7. The van der Waals surface area contributed by atoms with Crippen LogP contribution in [-0.4, -0.2) is 15.4 Å². The summed E-state index contributed by atoms with van der Waals surface area (Å²) in [6.45, 7) is 5.31. The minimum atomic E-state index is -0.620. The molecule has 0 bridgehead atoms. The Kier molecular flexibility index (Phi) is 5.97. The number of nitrogens with zero attached hydrogens (tertiary/aromatic N) is 3. The summed E-state index contributed by atoms with van der Waals surface area (Å²) in [5, 5.41) is 23.3. The number of halogens is 1. The van der Waals surface area contributed by atoms with Gasteiger partial charge in [-0.2, -0.15) is 5.26 Å². The SMILES string of the molecule is Cc1ccc(-n2c(C)cc(/C=C(/C#N)C(=O)Nc3ccc(F)cc3)c2C)cc1[N+](=O)[O-]. The molecule has 1 N–H and O–H groups in total. The molecule has 8 heteroatoms. The number of amides is 1. The molecule has 0 spiro atoms. The van der Waals surface area contributed by atoms with Crippen molar-refractivity contribution in [3.05, 3.63) is 92.6 Å². The van der Waals surface area contributed by atoms with Crippen molar-refractivity contribution in [2.75, 3.05) is 5.32 Å². The van der Waals surface area contributed by atoms with Crippen molar-refractivity contribution in [2.45, 2.75) is 20.8 Å². The molecule has 1 amide bonds. The van der Waals surface area contributed by atoms with Crippen LogP contribution in [0.15, 0.2) is 54.1 Å². The molecule has 0 aliphatic carbocycles. The van der Waals surface area contributed by atoms with E-state index in [1.165, 1.54) is 36.4 Å². The molecule has 0 fully saturated rings. The van der Waals surface area contributed by atoms with E-state index in [0.29, 0.717) is 22.5 Å². The molecular weight excluding hydrogens is 399 g/mol. The fourth-order valence-corrected chi connectivity index (χ4v) is 3.30. The number of nitrogens with one attached hydrogen (secondary N) is 1. The number of rotatable bonds is 5. The van der Waals surface area contributed by atoms with Crippen LogP contribution in [0.3, 0.4) is 0 Å². The Morgan fingerprint density at radius 1 is 1.16 bits per heavy atom. The van der Waals surface area contributed by atoms with Gasteiger partial charge in [0.1, 0.15) is 17.5 Å². The number of aromatic nitrogens is 1. The van der Waals surface area contributed by atoms with Crippen LogP contribution in [0.1, 0.15) is 22.5 Å². The standard InChI is InChI=1S/C23H19FN4O3/c1-14-4-9-21(12-22(14)28(30)31)27-15(2)10-17(16(27)3)11-18(13-25)23(29)26-20-7-5-19(24)6-8-20/h4-12H,1-3H3,(H,26,29)/b18-11-. The van der Waals surface area contributed by atoms with Crippen molar-refractivity contribution in [3.63, 3.8) is 0 Å². The second-order valence-corrected chi connectivity index (χ2v) is 7.02. The predicted octanol–water partition coefficient (Wildman–Crippen LogP) is 5.00. The van der Waals surface area contributed by atoms with Crippen molar-refractivity contribution in [2.24, 2.45) is 0 Å². The third-order valence-electron chi connectivity index (χ3n) is 4.88. The second kappa shape index (κ2) is 8.63. The summed E-state index contributed by atoms with van der Waals surface area (Å²) in [5.41, 5.74) is 3.56. The third kappa shape index (κ3) is 4.51. The first-order valence-corrected chi connectivity index (χ1v) is 9.34. The molecule has 1 aromatic heterocycles. The topological polar surface area (TPSA) is 101 Å². The van der Waals surface area contributed by atoms with Crippen LogP contribution >= 0.6 is 0 Å². The lowest BCUT2D eigenvalue weighted by atomic mass is 10.1. The largest absolute Gasteiger partial charge is 0.321 e. The molecule has 0 saturated heterocycles. The lowest BCUT2D eigenvalue weighted by Gasteiger charge is -2.10. The monoisotopic (exact) mass is 418 g/mol. The molecule has 0 unspecified atom stereocenters. The second-order valence-electron chi connectivity index (χ2n) is 7.02. The maximum atomic E-state index is 13.0. The van der Waals surface area contributed by atoms with Crippen LogP contribution in [0.2, 0.25) is 0 Å². The van der Waals surface area contributed by atoms with Gasteiger partial charge in [0, 0.05) is 28.7 Å². The van der Waals surface area contributed by atoms with Crippen molar-refractivity contribution < 1.29 is 14.1 Å². The maximum Gasteiger partial charge on any atom is 0.274 e. The van der Waals surface area contributed by atoms with Crippen LogP contribution < -0.4 is 5.32 Å². The van der Waals surface area contributed by atoms with E-state index < -0.39 is 16.6 Å². The molecule has 1 heterocycles. The van der Waals surface area contributed by atoms with Gasteiger partial charge in [0.25, 0.3) is 11.6 Å². The van der Waals surface area contributed by atoms with E-state index in [1.807, 2.05) is 17.6 Å². The Hall–Kier alpha value is -4.25. The number of nitro benzene ring substituents is 1. The summed E-state index contributed by atoms with van der Waals surface area (Å²) in [6.07, 6.45) is 1.46. The first-order chi connectivity index (χ1) is 14.7. The Labute approximate surface area is 178 Å². The van der Waals surface area contributed by atoms with E-state index in [1.54, 1.807) is 32.0 Å². The first-order valence-electron chi connectivity index (χ1n) is 9.34. The minimum absolute atomic E-state index is 0.0125. The average Bonchev–Trinajstić information content (AvgIpc) is 3.01. The maximum absolute atomic E-state index is 13.0. The molecule has 0 radical (unpaired) electrons. The zero-order valence-corrected chi connectivity index (χ0v) is 17.1.